The van der Waals surface area contributed by atoms with E-state index in [0.717, 1.165) is 16.8 Å². The summed E-state index contributed by atoms with van der Waals surface area (Å²) in [6.45, 7) is 3.38. The third kappa shape index (κ3) is 5.30. The second-order valence-electron chi connectivity index (χ2n) is 7.83. The Labute approximate surface area is 193 Å². The molecule has 1 aliphatic heterocycles. The van der Waals surface area contributed by atoms with Gasteiger partial charge in [-0.1, -0.05) is 54.1 Å². The lowest BCUT2D eigenvalue weighted by Gasteiger charge is -2.30. The number of anilines is 1. The summed E-state index contributed by atoms with van der Waals surface area (Å²) in [5, 5.41) is 2.79. The molecule has 0 saturated heterocycles. The van der Waals surface area contributed by atoms with E-state index in [0.29, 0.717) is 31.0 Å². The second-order valence-corrected chi connectivity index (χ2v) is 7.83. The first-order chi connectivity index (χ1) is 16.0. The number of ether oxygens (including phenoxy) is 2. The van der Waals surface area contributed by atoms with Gasteiger partial charge in [0.1, 0.15) is 0 Å². The number of methoxy groups -OCH3 is 1. The Balaban J connectivity index is 1.57. The maximum Gasteiger partial charge on any atom is 0.294 e. The number of amides is 2. The van der Waals surface area contributed by atoms with Crippen LogP contribution in [0.3, 0.4) is 0 Å². The first-order valence-corrected chi connectivity index (χ1v) is 10.8. The molecule has 0 aliphatic carbocycles. The lowest BCUT2D eigenvalue weighted by atomic mass is 10.1. The van der Waals surface area contributed by atoms with Crippen molar-refractivity contribution in [2.45, 2.75) is 13.5 Å². The molecule has 3 aromatic rings. The van der Waals surface area contributed by atoms with Crippen molar-refractivity contribution in [1.29, 1.82) is 0 Å². The molecule has 2 amide bonds. The van der Waals surface area contributed by atoms with E-state index in [1.54, 1.807) is 42.4 Å². The fourth-order valence-corrected chi connectivity index (χ4v) is 3.55. The molecule has 0 spiro atoms. The molecule has 33 heavy (non-hydrogen) atoms. The number of nitrogens with zero attached hydrogens (tertiary/aromatic N) is 1. The Hall–Kier alpha value is -3.90. The molecule has 0 aromatic heterocycles. The van der Waals surface area contributed by atoms with Crippen molar-refractivity contribution in [2.24, 2.45) is 0 Å². The number of hydrogen-bond donors (Lipinski definition) is 1. The molecule has 3 aromatic carbocycles. The van der Waals surface area contributed by atoms with Gasteiger partial charge in [0.05, 0.1) is 18.8 Å². The van der Waals surface area contributed by atoms with Gasteiger partial charge in [-0.05, 0) is 48.4 Å². The van der Waals surface area contributed by atoms with Crippen molar-refractivity contribution in [2.75, 3.05) is 25.2 Å². The SMILES string of the molecule is COCCNC(=O)c1ccc(C=C2Oc3ccccc3N(Cc3ccc(C)cc3)C2=O)cc1. The molecule has 0 fully saturated rings. The van der Waals surface area contributed by atoms with Gasteiger partial charge in [0.25, 0.3) is 11.8 Å². The van der Waals surface area contributed by atoms with Crippen molar-refractivity contribution in [3.8, 4) is 5.75 Å². The van der Waals surface area contributed by atoms with Gasteiger partial charge in [0.2, 0.25) is 0 Å². The van der Waals surface area contributed by atoms with Crippen LogP contribution in [0.1, 0.15) is 27.0 Å². The highest BCUT2D eigenvalue weighted by atomic mass is 16.5. The predicted molar refractivity (Wildman–Crippen MR) is 128 cm³/mol. The number of carbonyl (C=O) groups excluding carboxylic acids is 2. The Kier molecular flexibility index (Phi) is 6.86. The Morgan fingerprint density at radius 2 is 1.76 bits per heavy atom. The molecule has 1 aliphatic rings. The van der Waals surface area contributed by atoms with E-state index in [2.05, 4.69) is 5.32 Å². The highest BCUT2D eigenvalue weighted by Crippen LogP contribution is 2.36. The maximum atomic E-state index is 13.3. The van der Waals surface area contributed by atoms with E-state index in [1.807, 2.05) is 55.5 Å². The average Bonchev–Trinajstić information content (AvgIpc) is 2.83. The summed E-state index contributed by atoms with van der Waals surface area (Å²) in [6, 6.07) is 22.7. The monoisotopic (exact) mass is 442 g/mol. The lowest BCUT2D eigenvalue weighted by Crippen LogP contribution is -2.36. The van der Waals surface area contributed by atoms with Gasteiger partial charge in [-0.2, -0.15) is 0 Å². The van der Waals surface area contributed by atoms with Crippen LogP contribution in [0.25, 0.3) is 6.08 Å². The standard InChI is InChI=1S/C27H26N2O4/c1-19-7-9-21(10-8-19)18-29-23-5-3-4-6-24(23)33-25(27(29)31)17-20-11-13-22(14-12-20)26(30)28-15-16-32-2/h3-14,17H,15-16,18H2,1-2H3,(H,28,30). The van der Waals surface area contributed by atoms with Gasteiger partial charge in [-0.15, -0.1) is 0 Å². The molecule has 6 nitrogen and oxygen atoms in total. The van der Waals surface area contributed by atoms with Gasteiger partial charge in [0, 0.05) is 19.2 Å². The predicted octanol–water partition coefficient (Wildman–Crippen LogP) is 4.34. The molecule has 0 atom stereocenters. The van der Waals surface area contributed by atoms with Crippen LogP contribution in [0.2, 0.25) is 0 Å². The first-order valence-electron chi connectivity index (χ1n) is 10.8. The molecule has 0 bridgehead atoms. The largest absolute Gasteiger partial charge is 0.449 e. The second kappa shape index (κ2) is 10.1. The zero-order chi connectivity index (χ0) is 23.2. The third-order valence-corrected chi connectivity index (χ3v) is 5.36. The number of carbonyl (C=O) groups is 2. The zero-order valence-corrected chi connectivity index (χ0v) is 18.7. The number of fused-ring (bicyclic) bond motifs is 1. The van der Waals surface area contributed by atoms with Gasteiger partial charge in [-0.25, -0.2) is 0 Å². The van der Waals surface area contributed by atoms with Crippen LogP contribution in [-0.2, 0) is 16.1 Å². The van der Waals surface area contributed by atoms with Crippen molar-refractivity contribution in [3.05, 3.63) is 101 Å². The van der Waals surface area contributed by atoms with Crippen LogP contribution in [0, 0.1) is 6.92 Å². The zero-order valence-electron chi connectivity index (χ0n) is 18.7. The minimum absolute atomic E-state index is 0.172. The summed E-state index contributed by atoms with van der Waals surface area (Å²) in [5.74, 6) is 0.479. The summed E-state index contributed by atoms with van der Waals surface area (Å²) in [7, 11) is 1.59. The van der Waals surface area contributed by atoms with Gasteiger partial charge in [-0.3, -0.25) is 14.5 Å². The number of rotatable bonds is 7. The quantitative estimate of drug-likeness (QED) is 0.437. The maximum absolute atomic E-state index is 13.3. The number of nitrogens with one attached hydrogen (secondary N) is 1. The number of aryl methyl sites for hydroxylation is 1. The van der Waals surface area contributed by atoms with Crippen LogP contribution >= 0.6 is 0 Å². The fourth-order valence-electron chi connectivity index (χ4n) is 3.55. The van der Waals surface area contributed by atoms with Crippen molar-refractivity contribution < 1.29 is 19.1 Å². The minimum atomic E-state index is -0.212. The molecule has 0 unspecified atom stereocenters. The average molecular weight is 443 g/mol. The highest BCUT2D eigenvalue weighted by molar-refractivity contribution is 6.09. The van der Waals surface area contributed by atoms with Crippen LogP contribution < -0.4 is 15.0 Å². The number of benzene rings is 3. The van der Waals surface area contributed by atoms with Crippen molar-refractivity contribution in [3.63, 3.8) is 0 Å². The van der Waals surface area contributed by atoms with E-state index in [1.165, 1.54) is 5.56 Å². The van der Waals surface area contributed by atoms with E-state index in [4.69, 9.17) is 9.47 Å². The number of hydrogen-bond acceptors (Lipinski definition) is 4. The van der Waals surface area contributed by atoms with Crippen molar-refractivity contribution in [1.82, 2.24) is 5.32 Å². The van der Waals surface area contributed by atoms with Crippen molar-refractivity contribution >= 4 is 23.6 Å². The molecule has 1 N–H and O–H groups in total. The van der Waals surface area contributed by atoms with E-state index in [9.17, 15) is 9.59 Å². The molecule has 4 rings (SSSR count). The highest BCUT2D eigenvalue weighted by Gasteiger charge is 2.30. The Morgan fingerprint density at radius 1 is 1.03 bits per heavy atom. The van der Waals surface area contributed by atoms with Crippen LogP contribution in [0.15, 0.2) is 78.6 Å². The number of para-hydroxylation sites is 2. The van der Waals surface area contributed by atoms with E-state index in [-0.39, 0.29) is 17.6 Å². The Bertz CT molecular complexity index is 1170. The van der Waals surface area contributed by atoms with E-state index >= 15 is 0 Å². The van der Waals surface area contributed by atoms with Crippen LogP contribution in [-0.4, -0.2) is 32.1 Å². The molecule has 168 valence electrons. The lowest BCUT2D eigenvalue weighted by molar-refractivity contribution is -0.117. The smallest absolute Gasteiger partial charge is 0.294 e. The van der Waals surface area contributed by atoms with Crippen LogP contribution in [0.4, 0.5) is 5.69 Å². The summed E-state index contributed by atoms with van der Waals surface area (Å²) in [5.41, 5.74) is 4.25. The van der Waals surface area contributed by atoms with Crippen LogP contribution in [0.5, 0.6) is 5.75 Å². The summed E-state index contributed by atoms with van der Waals surface area (Å²) >= 11 is 0. The molecular formula is C27H26N2O4. The summed E-state index contributed by atoms with van der Waals surface area (Å²) in [4.78, 5) is 27.3. The summed E-state index contributed by atoms with van der Waals surface area (Å²) < 4.78 is 10.9. The third-order valence-electron chi connectivity index (χ3n) is 5.36. The Morgan fingerprint density at radius 3 is 2.48 bits per heavy atom. The van der Waals surface area contributed by atoms with Gasteiger partial charge in [0.15, 0.2) is 11.5 Å². The molecule has 0 radical (unpaired) electrons. The molecular weight excluding hydrogens is 416 g/mol. The van der Waals surface area contributed by atoms with Gasteiger partial charge >= 0.3 is 0 Å². The van der Waals surface area contributed by atoms with Gasteiger partial charge < -0.3 is 14.8 Å². The molecule has 6 heteroatoms. The molecule has 1 heterocycles. The fraction of sp³-hybridized carbons (Fsp3) is 0.185. The van der Waals surface area contributed by atoms with E-state index < -0.39 is 0 Å². The normalized spacial score (nSPS) is 14.1. The molecule has 0 saturated carbocycles. The summed E-state index contributed by atoms with van der Waals surface area (Å²) in [6.07, 6.45) is 1.70. The first kappa shape index (κ1) is 22.3. The topological polar surface area (TPSA) is 67.9 Å². The minimum Gasteiger partial charge on any atom is -0.449 e.